The summed E-state index contributed by atoms with van der Waals surface area (Å²) in [6.45, 7) is 9.32. The van der Waals surface area contributed by atoms with Gasteiger partial charge in [0.25, 0.3) is 14.7 Å². The zero-order valence-electron chi connectivity index (χ0n) is 26.6. The standard InChI is InChI=1S/C36H40F2N6OSi/c1-25(24-45-46(36(2,3)4,30-11-7-5-8-12-30)31-13-9-6-10-14-31)42-43-35-33(28-21-40-44(23-28)29-19-20-29)41-32(22-39-35)26-15-17-27(18-16-26)34(37)38/h5-18,21-23,25,29,34,42H,19-20,24H2,1-4H3,(H,39,43)/t25-/m0/s1. The molecule has 46 heavy (non-hydrogen) atoms. The van der Waals surface area contributed by atoms with Crippen LogP contribution in [0, 0.1) is 0 Å². The van der Waals surface area contributed by atoms with E-state index >= 15 is 0 Å². The molecule has 7 nitrogen and oxygen atoms in total. The molecule has 238 valence electrons. The van der Waals surface area contributed by atoms with Crippen molar-refractivity contribution < 1.29 is 13.2 Å². The first-order valence-electron chi connectivity index (χ1n) is 15.7. The lowest BCUT2D eigenvalue weighted by Crippen LogP contribution is -2.67. The number of benzene rings is 3. The van der Waals surface area contributed by atoms with E-state index in [0.717, 1.165) is 18.4 Å². The predicted octanol–water partition coefficient (Wildman–Crippen LogP) is 7.16. The van der Waals surface area contributed by atoms with Crippen LogP contribution < -0.4 is 21.2 Å². The van der Waals surface area contributed by atoms with Crippen molar-refractivity contribution in [3.63, 3.8) is 0 Å². The first kappa shape index (κ1) is 31.7. The molecule has 1 aliphatic carbocycles. The predicted molar refractivity (Wildman–Crippen MR) is 182 cm³/mol. The van der Waals surface area contributed by atoms with Gasteiger partial charge in [-0.25, -0.2) is 24.2 Å². The van der Waals surface area contributed by atoms with Gasteiger partial charge in [0.1, 0.15) is 5.69 Å². The van der Waals surface area contributed by atoms with Crippen LogP contribution in [0.5, 0.6) is 0 Å². The first-order chi connectivity index (χ1) is 22.2. The number of nitrogens with one attached hydrogen (secondary N) is 2. The van der Waals surface area contributed by atoms with E-state index in [-0.39, 0.29) is 16.6 Å². The van der Waals surface area contributed by atoms with E-state index in [2.05, 4.69) is 92.2 Å². The highest BCUT2D eigenvalue weighted by Crippen LogP contribution is 2.38. The minimum Gasteiger partial charge on any atom is -0.406 e. The van der Waals surface area contributed by atoms with Gasteiger partial charge in [-0.05, 0) is 35.2 Å². The molecule has 2 heterocycles. The number of alkyl halides is 2. The van der Waals surface area contributed by atoms with Crippen LogP contribution in [0.15, 0.2) is 104 Å². The molecule has 0 amide bonds. The Balaban J connectivity index is 1.25. The van der Waals surface area contributed by atoms with Gasteiger partial charge in [0.15, 0.2) is 5.82 Å². The van der Waals surface area contributed by atoms with Crippen LogP contribution in [0.1, 0.15) is 58.6 Å². The van der Waals surface area contributed by atoms with Crippen molar-refractivity contribution in [2.24, 2.45) is 0 Å². The maximum absolute atomic E-state index is 13.2. The summed E-state index contributed by atoms with van der Waals surface area (Å²) in [4.78, 5) is 9.65. The number of halogens is 2. The monoisotopic (exact) mass is 638 g/mol. The zero-order valence-corrected chi connectivity index (χ0v) is 27.6. The van der Waals surface area contributed by atoms with Gasteiger partial charge in [-0.1, -0.05) is 106 Å². The lowest BCUT2D eigenvalue weighted by Gasteiger charge is -2.43. The number of hydrazine groups is 1. The molecule has 3 aromatic carbocycles. The number of hydrogen-bond acceptors (Lipinski definition) is 6. The summed E-state index contributed by atoms with van der Waals surface area (Å²) in [6, 6.07) is 27.6. The SMILES string of the molecule is C[C@@H](CO[Si](c1ccccc1)(c1ccccc1)C(C)(C)C)NNc1ncc(-c2ccc(C(F)F)cc2)nc1-c1cnn(C2CC2)c1. The number of hydrogen-bond donors (Lipinski definition) is 2. The molecule has 0 radical (unpaired) electrons. The molecule has 0 bridgehead atoms. The maximum Gasteiger partial charge on any atom is 0.263 e. The van der Waals surface area contributed by atoms with E-state index in [0.29, 0.717) is 35.4 Å². The Hall–Kier alpha value is -4.25. The molecule has 0 aliphatic heterocycles. The Bertz CT molecular complexity index is 1700. The molecule has 6 rings (SSSR count). The van der Waals surface area contributed by atoms with Crippen LogP contribution in [0.2, 0.25) is 5.04 Å². The van der Waals surface area contributed by atoms with Crippen molar-refractivity contribution in [3.8, 4) is 22.5 Å². The summed E-state index contributed by atoms with van der Waals surface area (Å²) in [5.74, 6) is 0.542. The highest BCUT2D eigenvalue weighted by atomic mass is 28.4. The topological polar surface area (TPSA) is 76.9 Å². The fourth-order valence-corrected chi connectivity index (χ4v) is 10.5. The van der Waals surface area contributed by atoms with Crippen LogP contribution in [0.4, 0.5) is 14.6 Å². The third kappa shape index (κ3) is 6.65. The third-order valence-corrected chi connectivity index (χ3v) is 13.4. The summed E-state index contributed by atoms with van der Waals surface area (Å²) in [6.07, 6.45) is 5.14. The maximum atomic E-state index is 13.2. The highest BCUT2D eigenvalue weighted by molar-refractivity contribution is 6.99. The van der Waals surface area contributed by atoms with Crippen LogP contribution >= 0.6 is 0 Å². The number of rotatable bonds is 12. The highest BCUT2D eigenvalue weighted by Gasteiger charge is 2.50. The molecule has 0 spiro atoms. The molecular formula is C36H40F2N6OSi. The average molecular weight is 639 g/mol. The Kier molecular flexibility index (Phi) is 9.12. The summed E-state index contributed by atoms with van der Waals surface area (Å²) in [5.41, 5.74) is 9.40. The van der Waals surface area contributed by atoms with E-state index in [9.17, 15) is 8.78 Å². The molecule has 0 unspecified atom stereocenters. The second-order valence-corrected chi connectivity index (χ2v) is 17.3. The third-order valence-electron chi connectivity index (χ3n) is 8.43. The molecular weight excluding hydrogens is 599 g/mol. The first-order valence-corrected chi connectivity index (χ1v) is 17.6. The molecule has 1 fully saturated rings. The van der Waals surface area contributed by atoms with Crippen molar-refractivity contribution >= 4 is 24.5 Å². The van der Waals surface area contributed by atoms with E-state index in [1.807, 2.05) is 23.0 Å². The fraction of sp³-hybridized carbons (Fsp3) is 0.306. The van der Waals surface area contributed by atoms with Crippen molar-refractivity contribution in [2.45, 2.75) is 64.1 Å². The van der Waals surface area contributed by atoms with E-state index in [4.69, 9.17) is 14.4 Å². The summed E-state index contributed by atoms with van der Waals surface area (Å²) >= 11 is 0. The lowest BCUT2D eigenvalue weighted by atomic mass is 10.1. The van der Waals surface area contributed by atoms with Gasteiger partial charge in [-0.2, -0.15) is 5.10 Å². The minimum absolute atomic E-state index is 0.0283. The molecule has 2 aromatic heterocycles. The van der Waals surface area contributed by atoms with E-state index < -0.39 is 14.7 Å². The van der Waals surface area contributed by atoms with E-state index in [1.165, 1.54) is 22.5 Å². The molecule has 1 atom stereocenters. The van der Waals surface area contributed by atoms with Crippen molar-refractivity contribution in [1.29, 1.82) is 0 Å². The van der Waals surface area contributed by atoms with Crippen molar-refractivity contribution in [1.82, 2.24) is 25.2 Å². The molecule has 10 heteroatoms. The quantitative estimate of drug-likeness (QED) is 0.112. The summed E-state index contributed by atoms with van der Waals surface area (Å²) in [7, 11) is -2.70. The number of anilines is 1. The largest absolute Gasteiger partial charge is 0.406 e. The molecule has 1 aliphatic rings. The van der Waals surface area contributed by atoms with E-state index in [1.54, 1.807) is 24.5 Å². The van der Waals surface area contributed by atoms with Gasteiger partial charge >= 0.3 is 0 Å². The van der Waals surface area contributed by atoms with Gasteiger partial charge in [0, 0.05) is 28.9 Å². The van der Waals surface area contributed by atoms with Crippen molar-refractivity contribution in [3.05, 3.63) is 109 Å². The molecule has 2 N–H and O–H groups in total. The average Bonchev–Trinajstić information content (AvgIpc) is 3.80. The fourth-order valence-electron chi connectivity index (χ4n) is 5.86. The summed E-state index contributed by atoms with van der Waals surface area (Å²) < 4.78 is 35.4. The Morgan fingerprint density at radius 2 is 1.52 bits per heavy atom. The number of aromatic nitrogens is 4. The normalized spacial score (nSPS) is 14.4. The van der Waals surface area contributed by atoms with Gasteiger partial charge in [-0.3, -0.25) is 4.68 Å². The Morgan fingerprint density at radius 3 is 2.09 bits per heavy atom. The Morgan fingerprint density at radius 1 is 0.891 bits per heavy atom. The summed E-state index contributed by atoms with van der Waals surface area (Å²) in [5, 5.41) is 6.89. The second-order valence-electron chi connectivity index (χ2n) is 13.0. The Labute approximate surface area is 270 Å². The van der Waals surface area contributed by atoms with Gasteiger partial charge < -0.3 is 9.85 Å². The van der Waals surface area contributed by atoms with Crippen molar-refractivity contribution in [2.75, 3.05) is 12.0 Å². The smallest absolute Gasteiger partial charge is 0.263 e. The van der Waals surface area contributed by atoms with Crippen LogP contribution in [0.3, 0.4) is 0 Å². The minimum atomic E-state index is -2.70. The molecule has 0 saturated heterocycles. The van der Waals surface area contributed by atoms with Gasteiger partial charge in [0.2, 0.25) is 0 Å². The number of nitrogens with zero attached hydrogens (tertiary/aromatic N) is 4. The molecule has 1 saturated carbocycles. The second kappa shape index (κ2) is 13.2. The van der Waals surface area contributed by atoms with Crippen LogP contribution in [-0.2, 0) is 4.43 Å². The van der Waals surface area contributed by atoms with Crippen LogP contribution in [0.25, 0.3) is 22.5 Å². The molecule has 5 aromatic rings. The zero-order chi connectivity index (χ0) is 32.3. The van der Waals surface area contributed by atoms with Crippen LogP contribution in [-0.4, -0.2) is 40.7 Å². The lowest BCUT2D eigenvalue weighted by molar-refractivity contribution is 0.151. The van der Waals surface area contributed by atoms with Gasteiger partial charge in [-0.15, -0.1) is 0 Å². The van der Waals surface area contributed by atoms with Gasteiger partial charge in [0.05, 0.1) is 30.7 Å².